The van der Waals surface area contributed by atoms with Gasteiger partial charge in [-0.3, -0.25) is 4.98 Å². The van der Waals surface area contributed by atoms with E-state index in [0.717, 1.165) is 0 Å². The average Bonchev–Trinajstić information content (AvgIpc) is 2.32. The molecule has 1 aromatic heterocycles. The van der Waals surface area contributed by atoms with Crippen molar-refractivity contribution in [3.05, 3.63) is 40.6 Å². The molecule has 1 aliphatic rings. The van der Waals surface area contributed by atoms with Gasteiger partial charge in [-0.05, 0) is 62.3 Å². The number of pyridine rings is 1. The van der Waals surface area contributed by atoms with Gasteiger partial charge < -0.3 is 0 Å². The Kier molecular flexibility index (Phi) is 2.20. The second kappa shape index (κ2) is 3.58. The zero-order chi connectivity index (χ0) is 11.1. The van der Waals surface area contributed by atoms with Crippen molar-refractivity contribution < 1.29 is 0 Å². The summed E-state index contributed by atoms with van der Waals surface area (Å²) in [7, 11) is 0. The summed E-state index contributed by atoms with van der Waals surface area (Å²) >= 11 is 0. The summed E-state index contributed by atoms with van der Waals surface area (Å²) in [5.74, 6) is 0. The van der Waals surface area contributed by atoms with Crippen LogP contribution in [0.2, 0.25) is 0 Å². The smallest absolute Gasteiger partial charge is 0.0737 e. The highest BCUT2D eigenvalue weighted by atomic mass is 14.7. The molecule has 1 heteroatoms. The number of hydrogen-bond acceptors (Lipinski definition) is 1. The van der Waals surface area contributed by atoms with E-state index >= 15 is 0 Å². The largest absolute Gasteiger partial charge is 0.252 e. The highest BCUT2D eigenvalue weighted by Gasteiger charge is 2.13. The third-order valence-electron chi connectivity index (χ3n) is 3.68. The molecule has 0 atom stereocenters. The maximum atomic E-state index is 4.88. The van der Waals surface area contributed by atoms with Gasteiger partial charge in [0.25, 0.3) is 0 Å². The third kappa shape index (κ3) is 1.42. The predicted octanol–water partition coefficient (Wildman–Crippen LogP) is 3.73. The molecule has 0 saturated carbocycles. The first-order chi connectivity index (χ1) is 7.75. The van der Waals surface area contributed by atoms with Crippen LogP contribution in [0.3, 0.4) is 0 Å². The van der Waals surface area contributed by atoms with Crippen LogP contribution < -0.4 is 0 Å². The van der Waals surface area contributed by atoms with Crippen molar-refractivity contribution in [3.63, 3.8) is 0 Å². The molecule has 0 N–H and O–H groups in total. The zero-order valence-electron chi connectivity index (χ0n) is 10.0. The third-order valence-corrected chi connectivity index (χ3v) is 3.68. The Morgan fingerprint density at radius 3 is 2.62 bits per heavy atom. The van der Waals surface area contributed by atoms with E-state index in [-0.39, 0.29) is 0 Å². The van der Waals surface area contributed by atoms with Crippen molar-refractivity contribution in [3.8, 4) is 0 Å². The maximum Gasteiger partial charge on any atom is 0.0737 e. The number of nitrogens with zero attached hydrogens (tertiary/aromatic N) is 1. The van der Waals surface area contributed by atoms with Crippen LogP contribution >= 0.6 is 0 Å². The van der Waals surface area contributed by atoms with Crippen LogP contribution in [-0.4, -0.2) is 4.98 Å². The number of benzene rings is 1. The van der Waals surface area contributed by atoms with Gasteiger partial charge in [0, 0.05) is 11.1 Å². The van der Waals surface area contributed by atoms with E-state index in [2.05, 4.69) is 32.0 Å². The van der Waals surface area contributed by atoms with Gasteiger partial charge in [-0.2, -0.15) is 0 Å². The molecule has 1 aliphatic carbocycles. The van der Waals surface area contributed by atoms with Crippen LogP contribution in [0.15, 0.2) is 18.2 Å². The molecule has 0 saturated heterocycles. The number of aryl methyl sites for hydroxylation is 4. The van der Waals surface area contributed by atoms with Gasteiger partial charge in [0.15, 0.2) is 0 Å². The van der Waals surface area contributed by atoms with Crippen molar-refractivity contribution in [2.75, 3.05) is 0 Å². The molecule has 0 radical (unpaired) electrons. The van der Waals surface area contributed by atoms with Crippen molar-refractivity contribution in [2.45, 2.75) is 39.5 Å². The van der Waals surface area contributed by atoms with Gasteiger partial charge in [0.2, 0.25) is 0 Å². The molecular formula is C15H17N. The Bertz CT molecular complexity index is 504. The first kappa shape index (κ1) is 9.83. The van der Waals surface area contributed by atoms with E-state index in [9.17, 15) is 0 Å². The van der Waals surface area contributed by atoms with Gasteiger partial charge in [0.1, 0.15) is 0 Å². The fraction of sp³-hybridized carbons (Fsp3) is 0.400. The molecule has 82 valence electrons. The number of rotatable bonds is 0. The molecule has 0 spiro atoms. The van der Waals surface area contributed by atoms with Crippen LogP contribution in [0.5, 0.6) is 0 Å². The molecule has 16 heavy (non-hydrogen) atoms. The van der Waals surface area contributed by atoms with Gasteiger partial charge in [-0.25, -0.2) is 0 Å². The minimum atomic E-state index is 1.17. The highest BCUT2D eigenvalue weighted by Crippen LogP contribution is 2.27. The van der Waals surface area contributed by atoms with E-state index in [0.29, 0.717) is 0 Å². The van der Waals surface area contributed by atoms with Crippen LogP contribution in [0.1, 0.15) is 35.2 Å². The normalized spacial score (nSPS) is 15.1. The molecule has 1 heterocycles. The molecule has 0 aliphatic heterocycles. The molecule has 0 amide bonds. The van der Waals surface area contributed by atoms with Crippen LogP contribution in [0.25, 0.3) is 10.9 Å². The molecule has 1 nitrogen and oxygen atoms in total. The maximum absolute atomic E-state index is 4.88. The monoisotopic (exact) mass is 211 g/mol. The first-order valence-electron chi connectivity index (χ1n) is 6.14. The second-order valence-corrected chi connectivity index (χ2v) is 4.90. The van der Waals surface area contributed by atoms with Crippen LogP contribution in [0.4, 0.5) is 0 Å². The summed E-state index contributed by atoms with van der Waals surface area (Å²) in [5, 5.41) is 1.35. The molecule has 0 bridgehead atoms. The average molecular weight is 211 g/mol. The number of aromatic nitrogens is 1. The van der Waals surface area contributed by atoms with E-state index < -0.39 is 0 Å². The summed E-state index contributed by atoms with van der Waals surface area (Å²) in [6.45, 7) is 4.34. The summed E-state index contributed by atoms with van der Waals surface area (Å²) in [6, 6.07) is 6.76. The van der Waals surface area contributed by atoms with Gasteiger partial charge in [-0.1, -0.05) is 12.1 Å². The lowest BCUT2D eigenvalue weighted by atomic mass is 9.93. The second-order valence-electron chi connectivity index (χ2n) is 4.90. The van der Waals surface area contributed by atoms with Crippen molar-refractivity contribution in [2.24, 2.45) is 0 Å². The highest BCUT2D eigenvalue weighted by molar-refractivity contribution is 5.85. The van der Waals surface area contributed by atoms with Crippen molar-refractivity contribution in [1.82, 2.24) is 4.98 Å². The van der Waals surface area contributed by atoms with Crippen molar-refractivity contribution >= 4 is 10.9 Å². The lowest BCUT2D eigenvalue weighted by Crippen LogP contribution is -2.06. The van der Waals surface area contributed by atoms with E-state index in [1.54, 1.807) is 0 Å². The predicted molar refractivity (Wildman–Crippen MR) is 67.9 cm³/mol. The minimum absolute atomic E-state index is 1.17. The minimum Gasteiger partial charge on any atom is -0.252 e. The lowest BCUT2D eigenvalue weighted by Gasteiger charge is -2.17. The van der Waals surface area contributed by atoms with Crippen molar-refractivity contribution in [1.29, 1.82) is 0 Å². The number of fused-ring (bicyclic) bond motifs is 2. The number of hydrogen-bond donors (Lipinski definition) is 0. The van der Waals surface area contributed by atoms with Gasteiger partial charge in [-0.15, -0.1) is 0 Å². The van der Waals surface area contributed by atoms with Crippen LogP contribution in [-0.2, 0) is 12.8 Å². The quantitative estimate of drug-likeness (QED) is 0.647. The summed E-state index contributed by atoms with van der Waals surface area (Å²) in [6.07, 6.45) is 5.01. The molecule has 2 aromatic rings. The lowest BCUT2D eigenvalue weighted by molar-refractivity contribution is 0.671. The standard InChI is InChI=1S/C15H17N/c1-10-7-8-11(2)15-13(10)9-12-5-3-4-6-14(12)16-15/h7-9H,3-6H2,1-2H3. The Hall–Kier alpha value is -1.37. The SMILES string of the molecule is Cc1ccc(C)c2nc3c(cc12)CCCC3. The van der Waals surface area contributed by atoms with E-state index in [1.165, 1.54) is 59.0 Å². The topological polar surface area (TPSA) is 12.9 Å². The molecule has 0 fully saturated rings. The van der Waals surface area contributed by atoms with Crippen LogP contribution in [0, 0.1) is 13.8 Å². The fourth-order valence-corrected chi connectivity index (χ4v) is 2.65. The molecule has 3 rings (SSSR count). The Balaban J connectivity index is 2.35. The van der Waals surface area contributed by atoms with Gasteiger partial charge >= 0.3 is 0 Å². The summed E-state index contributed by atoms with van der Waals surface area (Å²) in [4.78, 5) is 4.88. The van der Waals surface area contributed by atoms with Gasteiger partial charge in [0.05, 0.1) is 5.52 Å². The summed E-state index contributed by atoms with van der Waals surface area (Å²) < 4.78 is 0. The van der Waals surface area contributed by atoms with E-state index in [4.69, 9.17) is 4.98 Å². The molecular weight excluding hydrogens is 194 g/mol. The Morgan fingerprint density at radius 2 is 1.75 bits per heavy atom. The summed E-state index contributed by atoms with van der Waals surface area (Å²) in [5.41, 5.74) is 6.68. The van der Waals surface area contributed by atoms with E-state index in [1.807, 2.05) is 0 Å². The molecule has 0 unspecified atom stereocenters. The Labute approximate surface area is 96.5 Å². The first-order valence-corrected chi connectivity index (χ1v) is 6.14. The Morgan fingerprint density at radius 1 is 1.00 bits per heavy atom. The zero-order valence-corrected chi connectivity index (χ0v) is 10.0. The molecule has 1 aromatic carbocycles. The fourth-order valence-electron chi connectivity index (χ4n) is 2.65.